The monoisotopic (exact) mass is 374 g/mol. The van der Waals surface area contributed by atoms with Crippen LogP contribution in [0, 0.1) is 0 Å². The van der Waals surface area contributed by atoms with Gasteiger partial charge in [0.15, 0.2) is 11.5 Å². The Morgan fingerprint density at radius 3 is 2.58 bits per heavy atom. The van der Waals surface area contributed by atoms with Crippen molar-refractivity contribution < 1.29 is 23.7 Å². The Morgan fingerprint density at radius 1 is 0.962 bits per heavy atom. The van der Waals surface area contributed by atoms with Gasteiger partial charge in [-0.05, 0) is 43.5 Å². The number of rotatable bonds is 3. The second kappa shape index (κ2) is 8.10. The minimum absolute atomic E-state index is 0.584. The molecule has 0 aromatic heterocycles. The van der Waals surface area contributed by atoms with E-state index >= 15 is 0 Å². The Morgan fingerprint density at radius 2 is 1.73 bits per heavy atom. The zero-order valence-electron chi connectivity index (χ0n) is 14.7. The molecule has 0 spiro atoms. The first-order valence-corrected chi connectivity index (χ1v) is 9.81. The lowest BCUT2D eigenvalue weighted by molar-refractivity contribution is -0.177. The fraction of sp³-hybridized carbons (Fsp3) is 0.400. The second-order valence-electron chi connectivity index (χ2n) is 6.07. The Bertz CT molecular complexity index is 764. The highest BCUT2D eigenvalue weighted by Crippen LogP contribution is 2.51. The molecule has 0 aliphatic carbocycles. The molecule has 2 aromatic carbocycles. The highest BCUT2D eigenvalue weighted by atomic mass is 32.2. The van der Waals surface area contributed by atoms with Crippen molar-refractivity contribution in [1.82, 2.24) is 0 Å². The molecule has 0 saturated carbocycles. The lowest BCUT2D eigenvalue weighted by atomic mass is 10.3. The van der Waals surface area contributed by atoms with Crippen LogP contribution < -0.4 is 18.9 Å². The molecule has 0 bridgehead atoms. The van der Waals surface area contributed by atoms with E-state index < -0.39 is 6.48 Å². The largest absolute Gasteiger partial charge is 0.492 e. The van der Waals surface area contributed by atoms with Crippen LogP contribution in [0.15, 0.2) is 46.2 Å². The molecule has 2 aliphatic heterocycles. The molecule has 0 saturated heterocycles. The van der Waals surface area contributed by atoms with E-state index in [2.05, 4.69) is 0 Å². The van der Waals surface area contributed by atoms with Gasteiger partial charge in [0.05, 0.1) is 24.7 Å². The fourth-order valence-corrected chi connectivity index (χ4v) is 3.84. The first kappa shape index (κ1) is 17.4. The van der Waals surface area contributed by atoms with Crippen LogP contribution in [-0.2, 0) is 4.74 Å². The quantitative estimate of drug-likeness (QED) is 0.764. The number of ether oxygens (including phenoxy) is 5. The predicted molar refractivity (Wildman–Crippen MR) is 98.5 cm³/mol. The summed E-state index contributed by atoms with van der Waals surface area (Å²) in [6.45, 7) is 3.25. The van der Waals surface area contributed by atoms with E-state index in [1.165, 1.54) is 0 Å². The van der Waals surface area contributed by atoms with E-state index in [0.717, 1.165) is 40.6 Å². The van der Waals surface area contributed by atoms with Crippen LogP contribution in [-0.4, -0.2) is 26.3 Å². The van der Waals surface area contributed by atoms with Gasteiger partial charge in [0.25, 0.3) is 0 Å². The first-order chi connectivity index (χ1) is 12.8. The summed E-state index contributed by atoms with van der Waals surface area (Å²) < 4.78 is 29.3. The average Bonchev–Trinajstić information content (AvgIpc) is 3.06. The van der Waals surface area contributed by atoms with E-state index in [-0.39, 0.29) is 0 Å². The highest BCUT2D eigenvalue weighted by Gasteiger charge is 2.30. The van der Waals surface area contributed by atoms with Crippen molar-refractivity contribution in [2.45, 2.75) is 42.5 Å². The van der Waals surface area contributed by atoms with Crippen LogP contribution in [0.4, 0.5) is 0 Å². The van der Waals surface area contributed by atoms with E-state index in [1.807, 2.05) is 43.3 Å². The molecule has 0 amide bonds. The molecule has 0 fully saturated rings. The lowest BCUT2D eigenvalue weighted by Crippen LogP contribution is -2.22. The molecular formula is C20H22O5S. The van der Waals surface area contributed by atoms with E-state index in [9.17, 15) is 0 Å². The maximum absolute atomic E-state index is 6.02. The van der Waals surface area contributed by atoms with Gasteiger partial charge in [-0.2, -0.15) is 0 Å². The molecular weight excluding hydrogens is 352 g/mol. The van der Waals surface area contributed by atoms with Crippen molar-refractivity contribution in [1.29, 1.82) is 0 Å². The molecule has 26 heavy (non-hydrogen) atoms. The number of hydrogen-bond donors (Lipinski definition) is 0. The van der Waals surface area contributed by atoms with Gasteiger partial charge < -0.3 is 23.7 Å². The van der Waals surface area contributed by atoms with Gasteiger partial charge in [-0.1, -0.05) is 30.8 Å². The van der Waals surface area contributed by atoms with Gasteiger partial charge in [-0.25, -0.2) is 0 Å². The minimum atomic E-state index is -0.707. The normalized spacial score (nSPS) is 18.7. The second-order valence-corrected chi connectivity index (χ2v) is 7.12. The molecule has 0 N–H and O–H groups in total. The summed E-state index contributed by atoms with van der Waals surface area (Å²) in [7, 11) is 0. The van der Waals surface area contributed by atoms with Crippen LogP contribution >= 0.6 is 11.8 Å². The predicted octanol–water partition coefficient (Wildman–Crippen LogP) is 4.87. The third-order valence-electron chi connectivity index (χ3n) is 4.05. The maximum atomic E-state index is 6.02. The first-order valence-electron chi connectivity index (χ1n) is 8.99. The molecule has 2 heterocycles. The summed E-state index contributed by atoms with van der Waals surface area (Å²) in [4.78, 5) is 1.91. The molecule has 6 heteroatoms. The van der Waals surface area contributed by atoms with Crippen LogP contribution in [0.2, 0.25) is 0 Å². The van der Waals surface area contributed by atoms with Crippen molar-refractivity contribution in [2.75, 3.05) is 19.8 Å². The smallest absolute Gasteiger partial charge is 0.361 e. The number of hydrogen-bond acceptors (Lipinski definition) is 6. The Kier molecular flexibility index (Phi) is 5.41. The molecule has 4 rings (SSSR count). The summed E-state index contributed by atoms with van der Waals surface area (Å²) in [5.74, 6) is 3.02. The molecule has 2 aromatic rings. The molecule has 1 atom stereocenters. The molecule has 1 unspecified atom stereocenters. The topological polar surface area (TPSA) is 46.2 Å². The van der Waals surface area contributed by atoms with Crippen molar-refractivity contribution >= 4 is 11.8 Å². The fourth-order valence-electron chi connectivity index (χ4n) is 2.78. The molecule has 0 radical (unpaired) electrons. The van der Waals surface area contributed by atoms with Crippen LogP contribution in [0.1, 0.15) is 26.2 Å². The Balaban J connectivity index is 1.69. The van der Waals surface area contributed by atoms with Gasteiger partial charge in [0, 0.05) is 0 Å². The Hall–Kier alpha value is -2.05. The van der Waals surface area contributed by atoms with Gasteiger partial charge in [-0.3, -0.25) is 0 Å². The van der Waals surface area contributed by atoms with Gasteiger partial charge >= 0.3 is 6.48 Å². The van der Waals surface area contributed by atoms with Crippen molar-refractivity contribution in [3.63, 3.8) is 0 Å². The third kappa shape index (κ3) is 3.71. The standard InChI is InChI=1S/C20H22O5S/c1-2-11-23-20-24-15-9-10-16-19(18(15)25-20)26-17-8-4-3-7-14(17)21-12-5-6-13-22-16/h3-4,7-10,20H,2,5-6,11-13H2,1H3. The molecule has 138 valence electrons. The van der Waals surface area contributed by atoms with E-state index in [0.29, 0.717) is 31.3 Å². The highest BCUT2D eigenvalue weighted by molar-refractivity contribution is 7.99. The van der Waals surface area contributed by atoms with Crippen LogP contribution in [0.25, 0.3) is 0 Å². The maximum Gasteiger partial charge on any atom is 0.361 e. The van der Waals surface area contributed by atoms with Gasteiger partial charge in [-0.15, -0.1) is 0 Å². The van der Waals surface area contributed by atoms with Crippen molar-refractivity contribution in [3.8, 4) is 23.0 Å². The van der Waals surface area contributed by atoms with Crippen LogP contribution in [0.3, 0.4) is 0 Å². The minimum Gasteiger partial charge on any atom is -0.492 e. The van der Waals surface area contributed by atoms with Gasteiger partial charge in [0.1, 0.15) is 16.4 Å². The zero-order chi connectivity index (χ0) is 17.8. The zero-order valence-corrected chi connectivity index (χ0v) is 15.6. The van der Waals surface area contributed by atoms with E-state index in [4.69, 9.17) is 23.7 Å². The summed E-state index contributed by atoms with van der Waals surface area (Å²) in [6, 6.07) is 11.8. The SMILES string of the molecule is CCCOC1Oc2ccc3c(c2O1)Sc1ccccc1OCCCCO3. The van der Waals surface area contributed by atoms with Crippen LogP contribution in [0.5, 0.6) is 23.0 Å². The summed E-state index contributed by atoms with van der Waals surface area (Å²) in [5.41, 5.74) is 0. The molecule has 2 aliphatic rings. The van der Waals surface area contributed by atoms with Crippen molar-refractivity contribution in [2.24, 2.45) is 0 Å². The number of fused-ring (bicyclic) bond motifs is 4. The number of benzene rings is 2. The average molecular weight is 374 g/mol. The third-order valence-corrected chi connectivity index (χ3v) is 5.20. The van der Waals surface area contributed by atoms with E-state index in [1.54, 1.807) is 11.8 Å². The Labute approximate surface area is 157 Å². The molecule has 5 nitrogen and oxygen atoms in total. The summed E-state index contributed by atoms with van der Waals surface area (Å²) in [5, 5.41) is 0. The number of para-hydroxylation sites is 1. The summed E-state index contributed by atoms with van der Waals surface area (Å²) >= 11 is 1.57. The summed E-state index contributed by atoms with van der Waals surface area (Å²) in [6.07, 6.45) is 2.79. The lowest BCUT2D eigenvalue weighted by Gasteiger charge is -2.14. The van der Waals surface area contributed by atoms with Gasteiger partial charge in [0.2, 0.25) is 0 Å². The van der Waals surface area contributed by atoms with Crippen molar-refractivity contribution in [3.05, 3.63) is 36.4 Å².